The Morgan fingerprint density at radius 1 is 0.200 bits per heavy atom. The number of hydrogen-bond donors (Lipinski definition) is 2. The van der Waals surface area contributed by atoms with Crippen molar-refractivity contribution >= 4 is 46.4 Å². The van der Waals surface area contributed by atoms with Gasteiger partial charge in [-0.3, -0.25) is 0 Å². The second kappa shape index (κ2) is 44.9. The maximum atomic E-state index is 6.43. The van der Waals surface area contributed by atoms with Gasteiger partial charge in [0.05, 0.1) is 22.8 Å². The number of fused-ring (bicyclic) bond motifs is 8. The maximum Gasteiger partial charge on any atom is 0.122 e. The largest absolute Gasteiger partial charge is 0.490 e. The molecule has 0 radical (unpaired) electrons. The highest BCUT2D eigenvalue weighted by atomic mass is 16.5. The Hall–Kier alpha value is -11.8. The summed E-state index contributed by atoms with van der Waals surface area (Å²) < 4.78 is 51.0. The van der Waals surface area contributed by atoms with E-state index in [-0.39, 0.29) is 0 Å². The lowest BCUT2D eigenvalue weighted by Gasteiger charge is -2.11. The van der Waals surface area contributed by atoms with Gasteiger partial charge in [-0.2, -0.15) is 0 Å². The molecule has 0 unspecified atom stereocenters. The number of hydrogen-bond acceptors (Lipinski definition) is 10. The van der Waals surface area contributed by atoms with E-state index in [0.29, 0.717) is 52.9 Å². The quantitative estimate of drug-likeness (QED) is 0.142. The number of ether oxygens (including phenoxy) is 8. The number of rotatable bonds is 0. The third kappa shape index (κ3) is 24.7. The summed E-state index contributed by atoms with van der Waals surface area (Å²) in [5.41, 5.74) is 19.4. The van der Waals surface area contributed by atoms with Gasteiger partial charge in [-0.05, 0) is 293 Å². The van der Waals surface area contributed by atoms with Crippen LogP contribution in [0.5, 0.6) is 46.0 Å². The van der Waals surface area contributed by atoms with Gasteiger partial charge in [-0.1, -0.05) is 198 Å². The first-order chi connectivity index (χ1) is 59.5. The third-order valence-electron chi connectivity index (χ3n) is 23.1. The van der Waals surface area contributed by atoms with E-state index in [0.717, 1.165) is 161 Å². The Kier molecular flexibility index (Phi) is 31.2. The van der Waals surface area contributed by atoms with Gasteiger partial charge in [-0.15, -0.1) is 0 Å². The van der Waals surface area contributed by atoms with Gasteiger partial charge < -0.3 is 47.9 Å². The second-order valence-electron chi connectivity index (χ2n) is 32.1. The van der Waals surface area contributed by atoms with Crippen LogP contribution in [-0.2, 0) is 25.7 Å². The molecule has 0 amide bonds. The van der Waals surface area contributed by atoms with E-state index in [1.165, 1.54) is 176 Å². The SMILES string of the molecule is C1=CCCCCCCCc2cccc(c2)OCCOc2ccc(cc2)-c2c3nc(c(c4ccc([nH]4)c4c5nc(c(c6ccc2[nH]6)-c2ccc(cc2)OCCOc2cccc(c2)CCCCCCC/C=C/CCCCCCCc2cccc(c2)OCCOc2ccc-4cc2)C=C5)-c2ccc(cc2)OCCOc2cccc(c2)CCCCCCC1)C=C3. The topological polar surface area (TPSA) is 131 Å². The van der Waals surface area contributed by atoms with Crippen molar-refractivity contribution in [1.82, 2.24) is 19.9 Å². The van der Waals surface area contributed by atoms with Crippen molar-refractivity contribution < 1.29 is 37.9 Å². The lowest BCUT2D eigenvalue weighted by atomic mass is 10.0. The fourth-order valence-corrected chi connectivity index (χ4v) is 16.7. The second-order valence-corrected chi connectivity index (χ2v) is 32.1. The first-order valence-corrected chi connectivity index (χ1v) is 44.8. The Bertz CT molecular complexity index is 4710. The number of benzene rings is 8. The zero-order valence-electron chi connectivity index (χ0n) is 70.0. The first kappa shape index (κ1) is 83.3. The number of nitrogens with one attached hydrogen (secondary N) is 2. The smallest absolute Gasteiger partial charge is 0.122 e. The Morgan fingerprint density at radius 3 is 0.642 bits per heavy atom. The van der Waals surface area contributed by atoms with Gasteiger partial charge in [0.1, 0.15) is 98.9 Å². The van der Waals surface area contributed by atoms with Gasteiger partial charge >= 0.3 is 0 Å². The van der Waals surface area contributed by atoms with Crippen LogP contribution in [0.4, 0.5) is 0 Å². The predicted octanol–water partition coefficient (Wildman–Crippen LogP) is 27.8. The number of H-pyrrole nitrogens is 2. The number of aryl methyl sites for hydroxylation is 4. The molecule has 0 saturated carbocycles. The average molecular weight is 1600 g/mol. The summed E-state index contributed by atoms with van der Waals surface area (Å²) in [6, 6.07) is 76.3. The molecule has 618 valence electrons. The molecule has 8 aromatic carbocycles. The van der Waals surface area contributed by atoms with Crippen LogP contribution in [0.15, 0.2) is 243 Å². The van der Waals surface area contributed by atoms with E-state index >= 15 is 0 Å². The van der Waals surface area contributed by atoms with E-state index in [4.69, 9.17) is 47.9 Å². The minimum Gasteiger partial charge on any atom is -0.490 e. The standard InChI is InChI=1S/C108H118N4O8/c1-2-6-10-14-18-22-26-34-82-38-30-42-94(78-82)118-74-70-114-90-55-47-86(48-56-90)106-98-62-61-97(109-98)105(85-45-53-89(54-46-85)113-69-73-117-93-41-29-37-81(77-93)33-25-21-17-13-9-5-1)101-65-66-103(111-101)107-87-49-57-91(58-50-87)115-71-75-119-95-43-31-39-83(79-95)35-27-23-19-15-11-7-3-4-8-12-16-20-24-28-36-84-40-32-44-96(80-84)120-76-72-116-92-59-51-88(52-60-92)108(100-64-63-99(107)110-100)104-68-67-102(106)112-104/h1-4,29-32,37-68,77-80,111-112H,5-28,33-36,69-76H2/b2-1+,4-3?,105-97?,105-101?,106-98?,106-102?,107-99?,107-103?,108-100?,108-104?. The van der Waals surface area contributed by atoms with Crippen molar-refractivity contribution in [2.45, 2.75) is 180 Å². The summed E-state index contributed by atoms with van der Waals surface area (Å²) in [6.07, 6.45) is 52.0. The van der Waals surface area contributed by atoms with E-state index in [9.17, 15) is 0 Å². The molecule has 0 fully saturated rings. The molecule has 120 heavy (non-hydrogen) atoms. The highest BCUT2D eigenvalue weighted by Gasteiger charge is 2.21. The predicted molar refractivity (Wildman–Crippen MR) is 494 cm³/mol. The summed E-state index contributed by atoms with van der Waals surface area (Å²) >= 11 is 0. The molecular weight excluding hydrogens is 1480 g/mol. The maximum absolute atomic E-state index is 6.43. The molecule has 8 aliphatic heterocycles. The van der Waals surface area contributed by atoms with Crippen LogP contribution in [0.25, 0.3) is 90.9 Å². The summed E-state index contributed by atoms with van der Waals surface area (Å²) in [5.74, 6) is 6.45. The molecule has 12 heteroatoms. The number of aromatic nitrogens is 4. The fraction of sp³-hybridized carbons (Fsp3) is 0.333. The normalized spacial score (nSPS) is 16.5. The highest BCUT2D eigenvalue weighted by Crippen LogP contribution is 2.41. The van der Waals surface area contributed by atoms with E-state index < -0.39 is 0 Å². The number of allylic oxidation sites excluding steroid dienone is 4. The molecule has 19 rings (SSSR count). The van der Waals surface area contributed by atoms with Gasteiger partial charge in [-0.25, -0.2) is 9.97 Å². The first-order valence-electron chi connectivity index (χ1n) is 44.8. The zero-order valence-corrected chi connectivity index (χ0v) is 70.0. The zero-order chi connectivity index (χ0) is 81.2. The van der Waals surface area contributed by atoms with Crippen molar-refractivity contribution in [3.63, 3.8) is 0 Å². The van der Waals surface area contributed by atoms with Crippen LogP contribution in [0.1, 0.15) is 199 Å². The molecule has 0 saturated heterocycles. The van der Waals surface area contributed by atoms with Crippen molar-refractivity contribution in [1.29, 1.82) is 0 Å². The van der Waals surface area contributed by atoms with Crippen molar-refractivity contribution in [3.05, 3.63) is 288 Å². The number of nitrogens with zero attached hydrogens (tertiary/aromatic N) is 2. The molecule has 0 spiro atoms. The molecule has 11 heterocycles. The summed E-state index contributed by atoms with van der Waals surface area (Å²) in [7, 11) is 0. The summed E-state index contributed by atoms with van der Waals surface area (Å²) in [4.78, 5) is 19.3. The van der Waals surface area contributed by atoms with Gasteiger partial charge in [0.15, 0.2) is 0 Å². The Morgan fingerprint density at radius 2 is 0.408 bits per heavy atom. The van der Waals surface area contributed by atoms with Crippen molar-refractivity contribution in [2.24, 2.45) is 0 Å². The number of aromatic amines is 2. The van der Waals surface area contributed by atoms with Gasteiger partial charge in [0, 0.05) is 44.3 Å². The molecule has 11 aromatic rings. The molecule has 2 N–H and O–H groups in total. The molecule has 28 bridgehead atoms. The minimum atomic E-state index is 0.386. The molecular formula is C108H118N4O8. The molecule has 8 aliphatic rings. The monoisotopic (exact) mass is 1600 g/mol. The van der Waals surface area contributed by atoms with E-state index in [1.807, 2.05) is 72.8 Å². The fourth-order valence-electron chi connectivity index (χ4n) is 16.7. The van der Waals surface area contributed by atoms with Crippen LogP contribution >= 0.6 is 0 Å². The van der Waals surface area contributed by atoms with E-state index in [1.54, 1.807) is 0 Å². The van der Waals surface area contributed by atoms with Gasteiger partial charge in [0.2, 0.25) is 0 Å². The van der Waals surface area contributed by atoms with Crippen LogP contribution in [-0.4, -0.2) is 72.8 Å². The van der Waals surface area contributed by atoms with Crippen LogP contribution in [0, 0.1) is 0 Å². The highest BCUT2D eigenvalue weighted by molar-refractivity contribution is 6.00. The average Bonchev–Trinajstić information content (AvgIpc) is 1.62. The Balaban J connectivity index is 0.760. The van der Waals surface area contributed by atoms with Crippen molar-refractivity contribution in [2.75, 3.05) is 52.9 Å². The molecule has 0 atom stereocenters. The van der Waals surface area contributed by atoms with Crippen LogP contribution in [0.2, 0.25) is 0 Å². The minimum absolute atomic E-state index is 0.386. The molecule has 3 aromatic heterocycles. The molecule has 12 nitrogen and oxygen atoms in total. The Labute approximate surface area is 710 Å². The lowest BCUT2D eigenvalue weighted by molar-refractivity contribution is 0.217. The molecule has 0 aliphatic carbocycles. The summed E-state index contributed by atoms with van der Waals surface area (Å²) in [6.45, 7) is 3.20. The van der Waals surface area contributed by atoms with Gasteiger partial charge in [0.25, 0.3) is 0 Å². The van der Waals surface area contributed by atoms with Crippen LogP contribution in [0.3, 0.4) is 0 Å². The summed E-state index contributed by atoms with van der Waals surface area (Å²) in [5, 5.41) is 0. The lowest BCUT2D eigenvalue weighted by Crippen LogP contribution is -2.09. The van der Waals surface area contributed by atoms with Crippen LogP contribution < -0.4 is 37.9 Å². The van der Waals surface area contributed by atoms with E-state index in [2.05, 4.69) is 204 Å². The van der Waals surface area contributed by atoms with Crippen molar-refractivity contribution in [3.8, 4) is 90.5 Å². The third-order valence-corrected chi connectivity index (χ3v) is 23.1.